The Morgan fingerprint density at radius 1 is 1.36 bits per heavy atom. The first-order valence-electron chi connectivity index (χ1n) is 8.25. The van der Waals surface area contributed by atoms with Gasteiger partial charge in [-0.3, -0.25) is 9.78 Å². The Labute approximate surface area is 143 Å². The maximum absolute atomic E-state index is 12.7. The zero-order valence-electron chi connectivity index (χ0n) is 13.5. The quantitative estimate of drug-likeness (QED) is 0.707. The number of hydrogen-bond donors (Lipinski definition) is 2. The van der Waals surface area contributed by atoms with Crippen LogP contribution in [-0.4, -0.2) is 48.2 Å². The van der Waals surface area contributed by atoms with Gasteiger partial charge in [0.05, 0.1) is 6.10 Å². The van der Waals surface area contributed by atoms with Crippen molar-refractivity contribution < 1.29 is 9.90 Å². The third-order valence-electron chi connectivity index (χ3n) is 4.65. The Morgan fingerprint density at radius 2 is 2.24 bits per heavy atom. The molecule has 0 aromatic carbocycles. The van der Waals surface area contributed by atoms with E-state index in [1.807, 2.05) is 18.2 Å². The molecule has 0 saturated heterocycles. The molecule has 8 heteroatoms. The highest BCUT2D eigenvalue weighted by molar-refractivity contribution is 5.95. The Hall–Kier alpha value is -2.87. The SMILES string of the molecule is O=C(NC(Cc1ccccn1)C1CC(O)C1)c1ccn2nnnc2c1. The number of nitrogens with zero attached hydrogens (tertiary/aromatic N) is 5. The summed E-state index contributed by atoms with van der Waals surface area (Å²) >= 11 is 0. The predicted octanol–water partition coefficient (Wildman–Crippen LogP) is 0.631. The van der Waals surface area contributed by atoms with E-state index in [0.29, 0.717) is 30.5 Å². The topological polar surface area (TPSA) is 105 Å². The summed E-state index contributed by atoms with van der Waals surface area (Å²) in [6.45, 7) is 0. The predicted molar refractivity (Wildman–Crippen MR) is 88.7 cm³/mol. The van der Waals surface area contributed by atoms with Crippen molar-refractivity contribution in [2.75, 3.05) is 0 Å². The van der Waals surface area contributed by atoms with E-state index in [2.05, 4.69) is 25.8 Å². The Balaban J connectivity index is 1.51. The van der Waals surface area contributed by atoms with Crippen molar-refractivity contribution in [2.24, 2.45) is 5.92 Å². The second kappa shape index (κ2) is 6.56. The van der Waals surface area contributed by atoms with Crippen LogP contribution in [0.3, 0.4) is 0 Å². The third kappa shape index (κ3) is 3.34. The normalized spacial score (nSPS) is 20.8. The van der Waals surface area contributed by atoms with Crippen molar-refractivity contribution >= 4 is 11.6 Å². The lowest BCUT2D eigenvalue weighted by molar-refractivity contribution is 0.0238. The van der Waals surface area contributed by atoms with Crippen LogP contribution in [0.1, 0.15) is 28.9 Å². The number of carbonyl (C=O) groups is 1. The molecule has 0 spiro atoms. The van der Waals surface area contributed by atoms with Gasteiger partial charge in [-0.15, -0.1) is 5.10 Å². The van der Waals surface area contributed by atoms with E-state index >= 15 is 0 Å². The number of rotatable bonds is 5. The van der Waals surface area contributed by atoms with Gasteiger partial charge < -0.3 is 10.4 Å². The van der Waals surface area contributed by atoms with Gasteiger partial charge in [0.15, 0.2) is 5.65 Å². The minimum Gasteiger partial charge on any atom is -0.393 e. The van der Waals surface area contributed by atoms with Gasteiger partial charge in [-0.25, -0.2) is 4.52 Å². The molecule has 1 aliphatic carbocycles. The number of aliphatic hydroxyl groups is 1. The summed E-state index contributed by atoms with van der Waals surface area (Å²) in [5.74, 6) is 0.0762. The molecule has 1 atom stereocenters. The van der Waals surface area contributed by atoms with Gasteiger partial charge in [-0.1, -0.05) is 6.07 Å². The summed E-state index contributed by atoms with van der Waals surface area (Å²) in [7, 11) is 0. The molecule has 0 radical (unpaired) electrons. The van der Waals surface area contributed by atoms with Crippen LogP contribution in [0.25, 0.3) is 5.65 Å². The highest BCUT2D eigenvalue weighted by Gasteiger charge is 2.35. The van der Waals surface area contributed by atoms with Crippen LogP contribution in [0.4, 0.5) is 0 Å². The van der Waals surface area contributed by atoms with E-state index in [-0.39, 0.29) is 24.0 Å². The smallest absolute Gasteiger partial charge is 0.251 e. The maximum atomic E-state index is 12.7. The van der Waals surface area contributed by atoms with E-state index in [0.717, 1.165) is 5.69 Å². The van der Waals surface area contributed by atoms with Gasteiger partial charge >= 0.3 is 0 Å². The van der Waals surface area contributed by atoms with Crippen LogP contribution in [0, 0.1) is 5.92 Å². The highest BCUT2D eigenvalue weighted by Crippen LogP contribution is 2.31. The zero-order valence-corrected chi connectivity index (χ0v) is 13.5. The fraction of sp³-hybridized carbons (Fsp3) is 0.353. The summed E-state index contributed by atoms with van der Waals surface area (Å²) in [5, 5.41) is 23.9. The first-order valence-corrected chi connectivity index (χ1v) is 8.25. The summed E-state index contributed by atoms with van der Waals surface area (Å²) < 4.78 is 1.50. The molecule has 1 aliphatic rings. The van der Waals surface area contributed by atoms with Gasteiger partial charge in [0, 0.05) is 36.1 Å². The number of nitrogens with one attached hydrogen (secondary N) is 1. The number of aromatic nitrogens is 5. The standard InChI is InChI=1S/C17H18N6O2/c24-14-7-12(8-14)15(10-13-3-1-2-5-18-13)19-17(25)11-4-6-23-16(9-11)20-21-22-23/h1-6,9,12,14-15,24H,7-8,10H2,(H,19,25). The maximum Gasteiger partial charge on any atom is 0.251 e. The van der Waals surface area contributed by atoms with E-state index in [9.17, 15) is 9.90 Å². The van der Waals surface area contributed by atoms with Gasteiger partial charge in [0.1, 0.15) is 0 Å². The molecule has 8 nitrogen and oxygen atoms in total. The van der Waals surface area contributed by atoms with Gasteiger partial charge in [0.2, 0.25) is 0 Å². The number of amides is 1. The zero-order chi connectivity index (χ0) is 17.2. The number of tetrazole rings is 1. The van der Waals surface area contributed by atoms with Crippen LogP contribution in [0.2, 0.25) is 0 Å². The molecule has 25 heavy (non-hydrogen) atoms. The lowest BCUT2D eigenvalue weighted by Gasteiger charge is -2.38. The van der Waals surface area contributed by atoms with Crippen molar-refractivity contribution in [3.63, 3.8) is 0 Å². The van der Waals surface area contributed by atoms with Crippen LogP contribution < -0.4 is 5.32 Å². The Morgan fingerprint density at radius 3 is 3.00 bits per heavy atom. The number of pyridine rings is 2. The van der Waals surface area contributed by atoms with Crippen molar-refractivity contribution in [1.82, 2.24) is 30.3 Å². The molecule has 2 N–H and O–H groups in total. The molecule has 4 rings (SSSR count). The minimum atomic E-state index is -0.272. The summed E-state index contributed by atoms with van der Waals surface area (Å²) in [6, 6.07) is 9.02. The van der Waals surface area contributed by atoms with Crippen LogP contribution >= 0.6 is 0 Å². The first-order chi connectivity index (χ1) is 12.2. The van der Waals surface area contributed by atoms with Crippen LogP contribution in [0.15, 0.2) is 42.7 Å². The highest BCUT2D eigenvalue weighted by atomic mass is 16.3. The van der Waals surface area contributed by atoms with E-state index in [4.69, 9.17) is 0 Å². The summed E-state index contributed by atoms with van der Waals surface area (Å²) in [5.41, 5.74) is 1.95. The molecule has 1 amide bonds. The van der Waals surface area contributed by atoms with Crippen LogP contribution in [-0.2, 0) is 6.42 Å². The summed E-state index contributed by atoms with van der Waals surface area (Å²) in [4.78, 5) is 17.0. The monoisotopic (exact) mass is 338 g/mol. The van der Waals surface area contributed by atoms with E-state index in [1.165, 1.54) is 4.52 Å². The van der Waals surface area contributed by atoms with Crippen LogP contribution in [0.5, 0.6) is 0 Å². The summed E-state index contributed by atoms with van der Waals surface area (Å²) in [6.07, 6.45) is 5.17. The van der Waals surface area contributed by atoms with Gasteiger partial charge in [0.25, 0.3) is 5.91 Å². The van der Waals surface area contributed by atoms with Crippen molar-refractivity contribution in [2.45, 2.75) is 31.4 Å². The van der Waals surface area contributed by atoms with E-state index < -0.39 is 0 Å². The molecule has 0 aliphatic heterocycles. The average Bonchev–Trinajstić information content (AvgIpc) is 3.07. The molecular formula is C17H18N6O2. The number of fused-ring (bicyclic) bond motifs is 1. The van der Waals surface area contributed by atoms with E-state index in [1.54, 1.807) is 24.5 Å². The molecular weight excluding hydrogens is 320 g/mol. The number of aliphatic hydroxyl groups excluding tert-OH is 1. The largest absolute Gasteiger partial charge is 0.393 e. The second-order valence-corrected chi connectivity index (χ2v) is 6.39. The second-order valence-electron chi connectivity index (χ2n) is 6.39. The Bertz CT molecular complexity index is 875. The Kier molecular flexibility index (Phi) is 4.10. The van der Waals surface area contributed by atoms with Gasteiger partial charge in [-0.2, -0.15) is 0 Å². The molecule has 1 unspecified atom stereocenters. The molecule has 1 fully saturated rings. The molecule has 1 saturated carbocycles. The van der Waals surface area contributed by atoms with Crippen molar-refractivity contribution in [1.29, 1.82) is 0 Å². The fourth-order valence-corrected chi connectivity index (χ4v) is 3.17. The molecule has 0 bridgehead atoms. The number of carbonyl (C=O) groups excluding carboxylic acids is 1. The molecule has 3 heterocycles. The minimum absolute atomic E-state index is 0.0713. The average molecular weight is 338 g/mol. The van der Waals surface area contributed by atoms with Crippen molar-refractivity contribution in [3.05, 3.63) is 54.0 Å². The third-order valence-corrected chi connectivity index (χ3v) is 4.65. The lowest BCUT2D eigenvalue weighted by atomic mass is 9.76. The first kappa shape index (κ1) is 15.6. The van der Waals surface area contributed by atoms with Crippen molar-refractivity contribution in [3.8, 4) is 0 Å². The van der Waals surface area contributed by atoms with Gasteiger partial charge in [-0.05, 0) is 53.5 Å². The lowest BCUT2D eigenvalue weighted by Crippen LogP contribution is -2.48. The molecule has 128 valence electrons. The number of hydrogen-bond acceptors (Lipinski definition) is 6. The molecule has 3 aromatic rings. The fourth-order valence-electron chi connectivity index (χ4n) is 3.17. The molecule has 3 aromatic heterocycles.